The van der Waals surface area contributed by atoms with Crippen LogP contribution in [-0.4, -0.2) is 10.1 Å². The molecule has 0 amide bonds. The molecule has 2 nitrogen and oxygen atoms in total. The maximum Gasteiger partial charge on any atom is 0.141 e. The highest BCUT2D eigenvalue weighted by Crippen LogP contribution is 2.27. The van der Waals surface area contributed by atoms with Crippen molar-refractivity contribution in [1.82, 2.24) is 4.98 Å². The number of benzene rings is 2. The molecule has 0 atom stereocenters. The van der Waals surface area contributed by atoms with Crippen molar-refractivity contribution in [3.63, 3.8) is 0 Å². The van der Waals surface area contributed by atoms with E-state index in [1.165, 1.54) is 64.2 Å². The molecule has 0 radical (unpaired) electrons. The average molecular weight is 390 g/mol. The van der Waals surface area contributed by atoms with Gasteiger partial charge in [0.15, 0.2) is 0 Å². The van der Waals surface area contributed by atoms with Gasteiger partial charge in [-0.05, 0) is 18.1 Å². The fourth-order valence-electron chi connectivity index (χ4n) is 4.24. The lowest BCUT2D eigenvalue weighted by atomic mass is 9.94. The highest BCUT2D eigenvalue weighted by molar-refractivity contribution is 5.86. The SMILES string of the molecule is CCCCCC1CCCCCC1.Oc1cccc2ccc(-c3ccccc3)nc12. The van der Waals surface area contributed by atoms with E-state index in [0.29, 0.717) is 5.52 Å². The molecule has 0 spiro atoms. The largest absolute Gasteiger partial charge is 0.506 e. The van der Waals surface area contributed by atoms with E-state index in [-0.39, 0.29) is 5.75 Å². The summed E-state index contributed by atoms with van der Waals surface area (Å²) in [5, 5.41) is 10.7. The van der Waals surface area contributed by atoms with Crippen molar-refractivity contribution in [3.8, 4) is 17.0 Å². The zero-order valence-corrected chi connectivity index (χ0v) is 17.8. The van der Waals surface area contributed by atoms with E-state index < -0.39 is 0 Å². The van der Waals surface area contributed by atoms with Crippen molar-refractivity contribution < 1.29 is 5.11 Å². The number of para-hydroxylation sites is 1. The first-order valence-electron chi connectivity index (χ1n) is 11.4. The molecule has 0 saturated heterocycles. The number of aromatic hydroxyl groups is 1. The quantitative estimate of drug-likeness (QED) is 0.353. The van der Waals surface area contributed by atoms with Crippen LogP contribution in [0.2, 0.25) is 0 Å². The van der Waals surface area contributed by atoms with Crippen LogP contribution in [0.3, 0.4) is 0 Å². The molecule has 29 heavy (non-hydrogen) atoms. The molecular formula is C27H35NO. The van der Waals surface area contributed by atoms with Crippen LogP contribution in [0.25, 0.3) is 22.2 Å². The van der Waals surface area contributed by atoms with Crippen LogP contribution < -0.4 is 0 Å². The van der Waals surface area contributed by atoms with Crippen molar-refractivity contribution in [3.05, 3.63) is 60.7 Å². The standard InChI is InChI=1S/C15H11NO.C12H24/c17-14-8-4-7-12-9-10-13(16-15(12)14)11-5-2-1-3-6-11;1-2-3-6-9-12-10-7-4-5-8-11-12/h1-10,17H;12H,2-11H2,1H3. The van der Waals surface area contributed by atoms with E-state index in [9.17, 15) is 5.11 Å². The molecule has 0 bridgehead atoms. The fourth-order valence-corrected chi connectivity index (χ4v) is 4.24. The third-order valence-corrected chi connectivity index (χ3v) is 5.96. The molecule has 2 aromatic carbocycles. The Kier molecular flexibility index (Phi) is 8.55. The van der Waals surface area contributed by atoms with Gasteiger partial charge in [-0.25, -0.2) is 4.98 Å². The lowest BCUT2D eigenvalue weighted by molar-refractivity contribution is 0.409. The lowest BCUT2D eigenvalue weighted by Gasteiger charge is -2.12. The number of phenols is 1. The van der Waals surface area contributed by atoms with Crippen molar-refractivity contribution >= 4 is 10.9 Å². The van der Waals surface area contributed by atoms with Gasteiger partial charge in [0.1, 0.15) is 11.3 Å². The van der Waals surface area contributed by atoms with E-state index in [0.717, 1.165) is 22.6 Å². The summed E-state index contributed by atoms with van der Waals surface area (Å²) >= 11 is 0. The summed E-state index contributed by atoms with van der Waals surface area (Å²) in [4.78, 5) is 4.50. The van der Waals surface area contributed by atoms with Crippen LogP contribution in [-0.2, 0) is 0 Å². The number of unbranched alkanes of at least 4 members (excludes halogenated alkanes) is 2. The number of fused-ring (bicyclic) bond motifs is 1. The summed E-state index contributed by atoms with van der Waals surface area (Å²) in [7, 11) is 0. The molecule has 3 aromatic rings. The van der Waals surface area contributed by atoms with Gasteiger partial charge in [-0.1, -0.05) is 120 Å². The molecule has 1 aromatic heterocycles. The molecule has 1 heterocycles. The molecule has 1 aliphatic rings. The first kappa shape index (κ1) is 21.4. The molecule has 1 fully saturated rings. The molecule has 1 aliphatic carbocycles. The minimum Gasteiger partial charge on any atom is -0.506 e. The number of rotatable bonds is 5. The number of hydrogen-bond donors (Lipinski definition) is 1. The summed E-state index contributed by atoms with van der Waals surface area (Å²) < 4.78 is 0. The lowest BCUT2D eigenvalue weighted by Crippen LogP contribution is -1.97. The minimum absolute atomic E-state index is 0.222. The highest BCUT2D eigenvalue weighted by atomic mass is 16.3. The van der Waals surface area contributed by atoms with Crippen molar-refractivity contribution in [2.24, 2.45) is 5.92 Å². The Balaban J connectivity index is 0.000000177. The molecule has 0 unspecified atom stereocenters. The first-order chi connectivity index (χ1) is 14.3. The van der Waals surface area contributed by atoms with Crippen molar-refractivity contribution in [2.75, 3.05) is 0 Å². The Hall–Kier alpha value is -2.35. The van der Waals surface area contributed by atoms with Crippen LogP contribution in [0.1, 0.15) is 71.1 Å². The predicted octanol–water partition coefficient (Wildman–Crippen LogP) is 8.14. The minimum atomic E-state index is 0.222. The number of pyridine rings is 1. The third kappa shape index (κ3) is 6.59. The molecule has 154 valence electrons. The Bertz CT molecular complexity index is 851. The Morgan fingerprint density at radius 3 is 2.31 bits per heavy atom. The van der Waals surface area contributed by atoms with Gasteiger partial charge in [0.05, 0.1) is 5.69 Å². The Morgan fingerprint density at radius 1 is 0.828 bits per heavy atom. The second-order valence-electron chi connectivity index (χ2n) is 8.26. The maximum atomic E-state index is 9.78. The van der Waals surface area contributed by atoms with E-state index in [1.54, 1.807) is 6.07 Å². The smallest absolute Gasteiger partial charge is 0.141 e. The molecule has 1 N–H and O–H groups in total. The van der Waals surface area contributed by atoms with Gasteiger partial charge >= 0.3 is 0 Å². The molecule has 2 heteroatoms. The van der Waals surface area contributed by atoms with E-state index in [2.05, 4.69) is 11.9 Å². The monoisotopic (exact) mass is 389 g/mol. The molecular weight excluding hydrogens is 354 g/mol. The van der Waals surface area contributed by atoms with Gasteiger partial charge < -0.3 is 5.11 Å². The second-order valence-corrected chi connectivity index (χ2v) is 8.26. The zero-order valence-electron chi connectivity index (χ0n) is 17.8. The van der Waals surface area contributed by atoms with Crippen molar-refractivity contribution in [1.29, 1.82) is 0 Å². The van der Waals surface area contributed by atoms with Crippen molar-refractivity contribution in [2.45, 2.75) is 71.1 Å². The van der Waals surface area contributed by atoms with Crippen LogP contribution in [0, 0.1) is 5.92 Å². The molecule has 4 rings (SSSR count). The zero-order chi connectivity index (χ0) is 20.3. The topological polar surface area (TPSA) is 33.1 Å². The predicted molar refractivity (Wildman–Crippen MR) is 124 cm³/mol. The summed E-state index contributed by atoms with van der Waals surface area (Å²) in [5.74, 6) is 1.32. The molecule has 1 saturated carbocycles. The van der Waals surface area contributed by atoms with Gasteiger partial charge in [-0.3, -0.25) is 0 Å². The highest BCUT2D eigenvalue weighted by Gasteiger charge is 2.11. The van der Waals surface area contributed by atoms with Gasteiger partial charge in [-0.15, -0.1) is 0 Å². The summed E-state index contributed by atoms with van der Waals surface area (Å²) in [6.45, 7) is 2.30. The Morgan fingerprint density at radius 2 is 1.59 bits per heavy atom. The first-order valence-corrected chi connectivity index (χ1v) is 11.4. The second kappa shape index (κ2) is 11.6. The normalized spacial score (nSPS) is 14.8. The van der Waals surface area contributed by atoms with Gasteiger partial charge in [0, 0.05) is 10.9 Å². The van der Waals surface area contributed by atoms with Gasteiger partial charge in [-0.2, -0.15) is 0 Å². The van der Waals surface area contributed by atoms with Crippen LogP contribution in [0.15, 0.2) is 60.7 Å². The van der Waals surface area contributed by atoms with Crippen LogP contribution >= 0.6 is 0 Å². The average Bonchev–Trinajstić information content (AvgIpc) is 3.04. The number of hydrogen-bond acceptors (Lipinski definition) is 2. The summed E-state index contributed by atoms with van der Waals surface area (Å²) in [6, 6.07) is 19.3. The molecule has 0 aliphatic heterocycles. The maximum absolute atomic E-state index is 9.78. The van der Waals surface area contributed by atoms with E-state index >= 15 is 0 Å². The van der Waals surface area contributed by atoms with E-state index in [4.69, 9.17) is 0 Å². The summed E-state index contributed by atoms with van der Waals surface area (Å²) in [5.41, 5.74) is 2.58. The van der Waals surface area contributed by atoms with E-state index in [1.807, 2.05) is 54.6 Å². The van der Waals surface area contributed by atoms with Crippen LogP contribution in [0.4, 0.5) is 0 Å². The number of aromatic nitrogens is 1. The van der Waals surface area contributed by atoms with Crippen LogP contribution in [0.5, 0.6) is 5.75 Å². The van der Waals surface area contributed by atoms with Gasteiger partial charge in [0.25, 0.3) is 0 Å². The number of phenolic OH excluding ortho intramolecular Hbond substituents is 1. The Labute approximate surface area is 176 Å². The summed E-state index contributed by atoms with van der Waals surface area (Å²) in [6.07, 6.45) is 14.9. The number of nitrogens with zero attached hydrogens (tertiary/aromatic N) is 1. The fraction of sp³-hybridized carbons (Fsp3) is 0.444. The third-order valence-electron chi connectivity index (χ3n) is 5.96. The van der Waals surface area contributed by atoms with Gasteiger partial charge in [0.2, 0.25) is 0 Å².